The monoisotopic (exact) mass is 342 g/mol. The summed E-state index contributed by atoms with van der Waals surface area (Å²) in [7, 11) is 0. The van der Waals surface area contributed by atoms with Crippen molar-refractivity contribution < 1.29 is 19.1 Å². The number of aliphatic carboxylic acids is 1. The molecule has 0 amide bonds. The summed E-state index contributed by atoms with van der Waals surface area (Å²) in [4.78, 5) is 23.7. The zero-order valence-corrected chi connectivity index (χ0v) is 13.6. The van der Waals surface area contributed by atoms with E-state index in [1.807, 2.05) is 0 Å². The molecule has 0 bridgehead atoms. The van der Waals surface area contributed by atoms with Crippen LogP contribution in [0.2, 0.25) is 0 Å². The minimum atomic E-state index is -1.21. The molecule has 2 aromatic carbocycles. The largest absolute Gasteiger partial charge is 0.480 e. The molecular weight excluding hydrogens is 323 g/mol. The molecule has 1 atom stereocenters. The number of carboxylic acid groups (broad SMARTS) is 1. The number of carboxylic acids is 1. The quantitative estimate of drug-likeness (QED) is 0.661. The number of nitrogens with one attached hydrogen (secondary N) is 1. The normalized spacial score (nSPS) is 13.5. The van der Waals surface area contributed by atoms with E-state index in [4.69, 9.17) is 5.11 Å². The molecule has 0 fully saturated rings. The summed E-state index contributed by atoms with van der Waals surface area (Å²) in [6.45, 7) is 2.19. The first-order valence-electron chi connectivity index (χ1n) is 7.92. The Balaban J connectivity index is 0.000000194. The van der Waals surface area contributed by atoms with E-state index < -0.39 is 17.8 Å². The molecule has 0 aromatic heterocycles. The standard InChI is InChI=1S/C10H8FNO3.C9H11N/c11-8-3-1-7(2-4-8)5-9(10(14)15)12-6-13;1-2-4-9-7-10-6-5-8(9)3-1/h1-4,9H,5H2,(H,14,15);1-4,10H,5-7H2/t9-;/m0./s1. The van der Waals surface area contributed by atoms with Crippen LogP contribution in [0, 0.1) is 5.82 Å². The molecule has 0 unspecified atom stereocenters. The maximum Gasteiger partial charge on any atom is 0.329 e. The van der Waals surface area contributed by atoms with Gasteiger partial charge in [0, 0.05) is 13.0 Å². The highest BCUT2D eigenvalue weighted by atomic mass is 19.1. The molecule has 130 valence electrons. The van der Waals surface area contributed by atoms with Crippen LogP contribution in [0.1, 0.15) is 16.7 Å². The fourth-order valence-electron chi connectivity index (χ4n) is 2.52. The molecule has 0 saturated heterocycles. The Morgan fingerprint density at radius 3 is 2.48 bits per heavy atom. The molecule has 1 aliphatic rings. The number of carbonyl (C=O) groups excluding carboxylic acids is 1. The van der Waals surface area contributed by atoms with Crippen LogP contribution in [0.3, 0.4) is 0 Å². The Morgan fingerprint density at radius 2 is 1.88 bits per heavy atom. The zero-order valence-electron chi connectivity index (χ0n) is 13.6. The highest BCUT2D eigenvalue weighted by Gasteiger charge is 2.16. The van der Waals surface area contributed by atoms with Crippen LogP contribution in [0.15, 0.2) is 53.5 Å². The lowest BCUT2D eigenvalue weighted by atomic mass is 10.0. The van der Waals surface area contributed by atoms with Crippen LogP contribution in [-0.2, 0) is 29.0 Å². The molecule has 25 heavy (non-hydrogen) atoms. The first-order valence-corrected chi connectivity index (χ1v) is 7.92. The summed E-state index contributed by atoms with van der Waals surface area (Å²) in [5.74, 6) is -1.60. The average Bonchev–Trinajstić information content (AvgIpc) is 2.64. The number of halogens is 1. The van der Waals surface area contributed by atoms with Gasteiger partial charge in [-0.1, -0.05) is 36.4 Å². The molecule has 1 aliphatic heterocycles. The van der Waals surface area contributed by atoms with Gasteiger partial charge >= 0.3 is 5.97 Å². The number of hydrogen-bond acceptors (Lipinski definition) is 4. The molecule has 2 N–H and O–H groups in total. The van der Waals surface area contributed by atoms with Crippen LogP contribution in [0.25, 0.3) is 0 Å². The lowest BCUT2D eigenvalue weighted by Gasteiger charge is -2.15. The maximum absolute atomic E-state index is 12.5. The van der Waals surface area contributed by atoms with Crippen molar-refractivity contribution in [2.24, 2.45) is 4.99 Å². The van der Waals surface area contributed by atoms with Crippen LogP contribution in [0.5, 0.6) is 0 Å². The Morgan fingerprint density at radius 1 is 1.20 bits per heavy atom. The predicted octanol–water partition coefficient (Wildman–Crippen LogP) is 2.49. The average molecular weight is 342 g/mol. The van der Waals surface area contributed by atoms with Gasteiger partial charge in [0.1, 0.15) is 5.82 Å². The van der Waals surface area contributed by atoms with E-state index in [1.165, 1.54) is 47.9 Å². The minimum Gasteiger partial charge on any atom is -0.480 e. The van der Waals surface area contributed by atoms with E-state index in [2.05, 4.69) is 34.6 Å². The number of nitrogens with zero attached hydrogens (tertiary/aromatic N) is 1. The Hall–Kier alpha value is -2.82. The maximum atomic E-state index is 12.5. The van der Waals surface area contributed by atoms with E-state index in [0.29, 0.717) is 5.56 Å². The fourth-order valence-corrected chi connectivity index (χ4v) is 2.52. The summed E-state index contributed by atoms with van der Waals surface area (Å²) in [6, 6.07) is 12.8. The molecule has 3 rings (SSSR count). The van der Waals surface area contributed by atoms with Gasteiger partial charge in [-0.3, -0.25) is 0 Å². The van der Waals surface area contributed by atoms with Crippen LogP contribution in [0.4, 0.5) is 4.39 Å². The Kier molecular flexibility index (Phi) is 7.01. The van der Waals surface area contributed by atoms with Gasteiger partial charge in [-0.2, -0.15) is 4.99 Å². The molecule has 6 heteroatoms. The van der Waals surface area contributed by atoms with Crippen LogP contribution >= 0.6 is 0 Å². The minimum absolute atomic E-state index is 0.0465. The third-order valence-electron chi connectivity index (χ3n) is 3.84. The molecule has 0 saturated carbocycles. The first-order chi connectivity index (χ1) is 12.1. The summed E-state index contributed by atoms with van der Waals surface area (Å²) in [6.07, 6.45) is 2.44. The highest BCUT2D eigenvalue weighted by molar-refractivity contribution is 5.75. The molecule has 2 aromatic rings. The van der Waals surface area contributed by atoms with Crippen molar-refractivity contribution in [3.8, 4) is 0 Å². The van der Waals surface area contributed by atoms with Crippen molar-refractivity contribution in [1.29, 1.82) is 0 Å². The Bertz CT molecular complexity index is 729. The van der Waals surface area contributed by atoms with Gasteiger partial charge in [-0.15, -0.1) is 0 Å². The molecule has 1 heterocycles. The van der Waals surface area contributed by atoms with E-state index in [9.17, 15) is 14.0 Å². The van der Waals surface area contributed by atoms with Gasteiger partial charge in [0.2, 0.25) is 6.08 Å². The molecule has 0 radical (unpaired) electrons. The number of carbonyl (C=O) groups is 1. The molecule has 0 aliphatic carbocycles. The highest BCUT2D eigenvalue weighted by Crippen LogP contribution is 2.11. The van der Waals surface area contributed by atoms with Crippen molar-refractivity contribution in [3.63, 3.8) is 0 Å². The van der Waals surface area contributed by atoms with Crippen LogP contribution < -0.4 is 5.32 Å². The number of rotatable bonds is 4. The van der Waals surface area contributed by atoms with Crippen molar-refractivity contribution in [2.75, 3.05) is 6.54 Å². The fraction of sp³-hybridized carbons (Fsp3) is 0.263. The molecular formula is C19H19FN2O3. The number of aliphatic imine (C=N–C) groups is 1. The van der Waals surface area contributed by atoms with E-state index in [1.54, 1.807) is 0 Å². The molecule has 5 nitrogen and oxygen atoms in total. The second kappa shape index (κ2) is 9.47. The summed E-state index contributed by atoms with van der Waals surface area (Å²) in [5.41, 5.74) is 3.58. The van der Waals surface area contributed by atoms with Crippen molar-refractivity contribution in [1.82, 2.24) is 5.32 Å². The number of fused-ring (bicyclic) bond motifs is 1. The van der Waals surface area contributed by atoms with Crippen molar-refractivity contribution >= 4 is 12.0 Å². The summed E-state index contributed by atoms with van der Waals surface area (Å²) < 4.78 is 12.5. The lowest BCUT2D eigenvalue weighted by molar-refractivity contribution is -0.138. The van der Waals surface area contributed by atoms with Gasteiger partial charge in [0.15, 0.2) is 6.04 Å². The van der Waals surface area contributed by atoms with Gasteiger partial charge in [-0.25, -0.2) is 14.0 Å². The lowest BCUT2D eigenvalue weighted by Crippen LogP contribution is -2.23. The third kappa shape index (κ3) is 5.95. The van der Waals surface area contributed by atoms with Crippen molar-refractivity contribution in [2.45, 2.75) is 25.4 Å². The topological polar surface area (TPSA) is 78.8 Å². The molecule has 0 spiro atoms. The predicted molar refractivity (Wildman–Crippen MR) is 91.5 cm³/mol. The smallest absolute Gasteiger partial charge is 0.329 e. The van der Waals surface area contributed by atoms with E-state index >= 15 is 0 Å². The SMILES string of the molecule is O=C=N[C@@H](Cc1ccc(F)cc1)C(=O)O.c1ccc2c(c1)CCNC2. The number of hydrogen-bond donors (Lipinski definition) is 2. The summed E-state index contributed by atoms with van der Waals surface area (Å²) in [5, 5.41) is 12.0. The van der Waals surface area contributed by atoms with Gasteiger partial charge < -0.3 is 10.4 Å². The number of benzene rings is 2. The zero-order chi connectivity index (χ0) is 18.1. The summed E-state index contributed by atoms with van der Waals surface area (Å²) >= 11 is 0. The van der Waals surface area contributed by atoms with Crippen LogP contribution in [-0.4, -0.2) is 29.7 Å². The Labute approximate surface area is 145 Å². The van der Waals surface area contributed by atoms with Gasteiger partial charge in [-0.05, 0) is 41.8 Å². The number of isocyanates is 1. The second-order valence-corrected chi connectivity index (χ2v) is 5.60. The van der Waals surface area contributed by atoms with Crippen molar-refractivity contribution in [3.05, 3.63) is 71.0 Å². The first kappa shape index (κ1) is 18.5. The van der Waals surface area contributed by atoms with Gasteiger partial charge in [0.05, 0.1) is 0 Å². The van der Waals surface area contributed by atoms with Gasteiger partial charge in [0.25, 0.3) is 0 Å². The second-order valence-electron chi connectivity index (χ2n) is 5.60. The van der Waals surface area contributed by atoms with E-state index in [-0.39, 0.29) is 6.42 Å². The van der Waals surface area contributed by atoms with E-state index in [0.717, 1.165) is 13.1 Å². The third-order valence-corrected chi connectivity index (χ3v) is 3.84.